The minimum absolute atomic E-state index is 0.295. The molecule has 2 N–H and O–H groups in total. The molecule has 0 spiro atoms. The Morgan fingerprint density at radius 2 is 1.80 bits per heavy atom. The Morgan fingerprint density at radius 3 is 2.50 bits per heavy atom. The molecule has 6 nitrogen and oxygen atoms in total. The molecule has 0 aromatic heterocycles. The van der Waals surface area contributed by atoms with E-state index in [1.165, 1.54) is 0 Å². The molecule has 0 aliphatic carbocycles. The standard InChI is InChI=1S/C23H26N2O4S/c1-4-27-19-13-17(11-12-18(19)29-14-16-9-7-6-8-10-16)21-20(22(26)28-5-2)15(3)24-23(30)25-21/h6-13,21H,4-5,14H2,1-3H3,(H2,24,25,30)/t21-/m1/s1. The van der Waals surface area contributed by atoms with Crippen LogP contribution in [0.2, 0.25) is 0 Å². The molecule has 1 atom stereocenters. The van der Waals surface area contributed by atoms with Gasteiger partial charge in [-0.2, -0.15) is 0 Å². The molecule has 30 heavy (non-hydrogen) atoms. The molecule has 0 fully saturated rings. The highest BCUT2D eigenvalue weighted by molar-refractivity contribution is 7.80. The maximum atomic E-state index is 12.6. The highest BCUT2D eigenvalue weighted by Gasteiger charge is 2.31. The lowest BCUT2D eigenvalue weighted by atomic mass is 9.95. The van der Waals surface area contributed by atoms with Gasteiger partial charge in [0.05, 0.1) is 24.8 Å². The molecule has 0 bridgehead atoms. The Kier molecular flexibility index (Phi) is 7.30. The van der Waals surface area contributed by atoms with E-state index in [1.54, 1.807) is 6.92 Å². The molecule has 3 rings (SSSR count). The number of thiocarbonyl (C=S) groups is 1. The number of hydrogen-bond donors (Lipinski definition) is 2. The van der Waals surface area contributed by atoms with Gasteiger partial charge in [-0.1, -0.05) is 36.4 Å². The van der Waals surface area contributed by atoms with E-state index in [9.17, 15) is 4.79 Å². The SMILES string of the molecule is CCOC(=O)C1=C(C)NC(=S)N[C@@H]1c1ccc(OCc2ccccc2)c(OCC)c1. The lowest BCUT2D eigenvalue weighted by Gasteiger charge is -2.30. The van der Waals surface area contributed by atoms with Crippen molar-refractivity contribution in [1.29, 1.82) is 0 Å². The van der Waals surface area contributed by atoms with Crippen LogP contribution in [0.3, 0.4) is 0 Å². The van der Waals surface area contributed by atoms with Gasteiger partial charge in [0.25, 0.3) is 0 Å². The first-order valence-corrected chi connectivity index (χ1v) is 10.3. The second-order valence-corrected chi connectivity index (χ2v) is 7.11. The zero-order valence-corrected chi connectivity index (χ0v) is 18.2. The number of nitrogens with one attached hydrogen (secondary N) is 2. The quantitative estimate of drug-likeness (QED) is 0.488. The van der Waals surface area contributed by atoms with Gasteiger partial charge in [-0.25, -0.2) is 4.79 Å². The van der Waals surface area contributed by atoms with Gasteiger partial charge in [-0.15, -0.1) is 0 Å². The van der Waals surface area contributed by atoms with Crippen molar-refractivity contribution < 1.29 is 19.0 Å². The summed E-state index contributed by atoms with van der Waals surface area (Å²) in [7, 11) is 0. The predicted molar refractivity (Wildman–Crippen MR) is 119 cm³/mol. The number of rotatable bonds is 8. The van der Waals surface area contributed by atoms with Crippen LogP contribution in [0.5, 0.6) is 11.5 Å². The Hall–Kier alpha value is -3.06. The lowest BCUT2D eigenvalue weighted by Crippen LogP contribution is -2.45. The largest absolute Gasteiger partial charge is 0.490 e. The van der Waals surface area contributed by atoms with Crippen LogP contribution in [0.15, 0.2) is 59.8 Å². The van der Waals surface area contributed by atoms with Crippen LogP contribution in [0.4, 0.5) is 0 Å². The smallest absolute Gasteiger partial charge is 0.338 e. The molecule has 1 aliphatic rings. The number of carbonyl (C=O) groups is 1. The second-order valence-electron chi connectivity index (χ2n) is 6.70. The molecular formula is C23H26N2O4S. The van der Waals surface area contributed by atoms with Crippen LogP contribution in [-0.2, 0) is 16.1 Å². The van der Waals surface area contributed by atoms with Crippen molar-refractivity contribution in [3.05, 3.63) is 70.9 Å². The van der Waals surface area contributed by atoms with Gasteiger partial charge >= 0.3 is 5.97 Å². The monoisotopic (exact) mass is 426 g/mol. The molecule has 0 unspecified atom stereocenters. The second kappa shape index (κ2) is 10.1. The van der Waals surface area contributed by atoms with Gasteiger partial charge in [0, 0.05) is 5.70 Å². The number of benzene rings is 2. The molecule has 2 aromatic rings. The minimum atomic E-state index is -0.444. The van der Waals surface area contributed by atoms with Gasteiger partial charge in [0.2, 0.25) is 0 Å². The summed E-state index contributed by atoms with van der Waals surface area (Å²) < 4.78 is 17.1. The average molecular weight is 427 g/mol. The Morgan fingerprint density at radius 1 is 1.03 bits per heavy atom. The molecule has 7 heteroatoms. The van der Waals surface area contributed by atoms with E-state index in [-0.39, 0.29) is 5.97 Å². The van der Waals surface area contributed by atoms with E-state index in [0.717, 1.165) is 11.1 Å². The third-order valence-electron chi connectivity index (χ3n) is 4.60. The average Bonchev–Trinajstić information content (AvgIpc) is 2.73. The van der Waals surface area contributed by atoms with E-state index in [2.05, 4.69) is 10.6 Å². The highest BCUT2D eigenvalue weighted by atomic mass is 32.1. The molecule has 2 aromatic carbocycles. The van der Waals surface area contributed by atoms with E-state index < -0.39 is 6.04 Å². The maximum Gasteiger partial charge on any atom is 0.338 e. The summed E-state index contributed by atoms with van der Waals surface area (Å²) in [5, 5.41) is 6.62. The molecule has 1 heterocycles. The fourth-order valence-corrected chi connectivity index (χ4v) is 3.52. The summed E-state index contributed by atoms with van der Waals surface area (Å²) in [6.07, 6.45) is 0. The number of hydrogen-bond acceptors (Lipinski definition) is 5. The van der Waals surface area contributed by atoms with Crippen LogP contribution in [-0.4, -0.2) is 24.3 Å². The third kappa shape index (κ3) is 5.10. The Labute approximate surface area is 182 Å². The van der Waals surface area contributed by atoms with Crippen molar-refractivity contribution >= 4 is 23.3 Å². The van der Waals surface area contributed by atoms with Gasteiger partial charge in [0.15, 0.2) is 16.6 Å². The summed E-state index contributed by atoms with van der Waals surface area (Å²) in [4.78, 5) is 12.6. The number of allylic oxidation sites excluding steroid dienone is 1. The molecular weight excluding hydrogens is 400 g/mol. The van der Waals surface area contributed by atoms with Crippen LogP contribution in [0.1, 0.15) is 37.9 Å². The summed E-state index contributed by atoms with van der Waals surface area (Å²) >= 11 is 5.31. The predicted octanol–water partition coefficient (Wildman–Crippen LogP) is 4.02. The third-order valence-corrected chi connectivity index (χ3v) is 4.82. The van der Waals surface area contributed by atoms with Crippen LogP contribution >= 0.6 is 12.2 Å². The maximum absolute atomic E-state index is 12.6. The zero-order valence-electron chi connectivity index (χ0n) is 17.4. The topological polar surface area (TPSA) is 68.8 Å². The highest BCUT2D eigenvalue weighted by Crippen LogP contribution is 2.35. The van der Waals surface area contributed by atoms with E-state index in [1.807, 2.05) is 62.4 Å². The first-order valence-electron chi connectivity index (χ1n) is 9.92. The van der Waals surface area contributed by atoms with E-state index in [0.29, 0.717) is 47.7 Å². The summed E-state index contributed by atoms with van der Waals surface area (Å²) in [6.45, 7) is 6.73. The number of esters is 1. The number of carbonyl (C=O) groups excluding carboxylic acids is 1. The Bertz CT molecular complexity index is 943. The lowest BCUT2D eigenvalue weighted by molar-refractivity contribution is -0.139. The van der Waals surface area contributed by atoms with Gasteiger partial charge in [-0.3, -0.25) is 0 Å². The van der Waals surface area contributed by atoms with Gasteiger partial charge in [-0.05, 0) is 56.2 Å². The van der Waals surface area contributed by atoms with Crippen molar-refractivity contribution in [3.8, 4) is 11.5 Å². The number of ether oxygens (including phenoxy) is 3. The zero-order chi connectivity index (χ0) is 21.5. The summed E-state index contributed by atoms with van der Waals surface area (Å²) in [5.41, 5.74) is 3.06. The van der Waals surface area contributed by atoms with Crippen LogP contribution in [0.25, 0.3) is 0 Å². The van der Waals surface area contributed by atoms with E-state index in [4.69, 9.17) is 26.4 Å². The first kappa shape index (κ1) is 21.6. The summed E-state index contributed by atoms with van der Waals surface area (Å²) in [5.74, 6) is 0.863. The van der Waals surface area contributed by atoms with Crippen molar-refractivity contribution in [2.24, 2.45) is 0 Å². The summed E-state index contributed by atoms with van der Waals surface area (Å²) in [6, 6.07) is 15.1. The fraction of sp³-hybridized carbons (Fsp3) is 0.304. The fourth-order valence-electron chi connectivity index (χ4n) is 3.25. The van der Waals surface area contributed by atoms with Crippen molar-refractivity contribution in [3.63, 3.8) is 0 Å². The van der Waals surface area contributed by atoms with Crippen molar-refractivity contribution in [2.75, 3.05) is 13.2 Å². The molecule has 0 saturated carbocycles. The molecule has 0 amide bonds. The van der Waals surface area contributed by atoms with Crippen molar-refractivity contribution in [2.45, 2.75) is 33.4 Å². The normalized spacial score (nSPS) is 15.8. The van der Waals surface area contributed by atoms with E-state index >= 15 is 0 Å². The van der Waals surface area contributed by atoms with Crippen LogP contribution in [0, 0.1) is 0 Å². The van der Waals surface area contributed by atoms with Gasteiger partial charge < -0.3 is 24.8 Å². The Balaban J connectivity index is 1.90. The van der Waals surface area contributed by atoms with Crippen molar-refractivity contribution in [1.82, 2.24) is 10.6 Å². The molecule has 0 saturated heterocycles. The molecule has 158 valence electrons. The first-order chi connectivity index (χ1) is 14.5. The molecule has 0 radical (unpaired) electrons. The molecule has 1 aliphatic heterocycles. The van der Waals surface area contributed by atoms with Crippen LogP contribution < -0.4 is 20.1 Å². The minimum Gasteiger partial charge on any atom is -0.490 e. The van der Waals surface area contributed by atoms with Gasteiger partial charge in [0.1, 0.15) is 6.61 Å².